The fourth-order valence-corrected chi connectivity index (χ4v) is 4.97. The molecule has 1 aromatic carbocycles. The van der Waals surface area contributed by atoms with E-state index in [1.807, 2.05) is 12.3 Å². The second-order valence-corrected chi connectivity index (χ2v) is 9.81. The predicted molar refractivity (Wildman–Crippen MR) is 126 cm³/mol. The Bertz CT molecular complexity index is 1030. The summed E-state index contributed by atoms with van der Waals surface area (Å²) in [6, 6.07) is 8.85. The number of aromatic amines is 1. The molecule has 5 heteroatoms. The van der Waals surface area contributed by atoms with Crippen molar-refractivity contribution in [3.05, 3.63) is 59.5 Å². The van der Waals surface area contributed by atoms with Crippen LogP contribution < -0.4 is 5.32 Å². The largest absolute Gasteiger partial charge is 0.425 e. The van der Waals surface area contributed by atoms with Gasteiger partial charge in [-0.15, -0.1) is 10.2 Å². The van der Waals surface area contributed by atoms with Crippen molar-refractivity contribution in [1.82, 2.24) is 20.5 Å². The van der Waals surface area contributed by atoms with E-state index >= 15 is 0 Å². The summed E-state index contributed by atoms with van der Waals surface area (Å²) in [7, 11) is 0. The minimum absolute atomic E-state index is 0.476. The number of hydrogen-bond acceptors (Lipinski definition) is 4. The Morgan fingerprint density at radius 3 is 2.68 bits per heavy atom. The van der Waals surface area contributed by atoms with Crippen LogP contribution >= 0.6 is 0 Å². The highest BCUT2D eigenvalue weighted by atomic mass is 16.4. The van der Waals surface area contributed by atoms with E-state index in [9.17, 15) is 0 Å². The van der Waals surface area contributed by atoms with Gasteiger partial charge in [-0.3, -0.25) is 0 Å². The van der Waals surface area contributed by atoms with Crippen LogP contribution in [-0.4, -0.2) is 27.8 Å². The van der Waals surface area contributed by atoms with Gasteiger partial charge in [0.05, 0.1) is 6.42 Å². The third kappa shape index (κ3) is 5.09. The molecule has 1 aliphatic carbocycles. The number of aromatic nitrogens is 3. The lowest BCUT2D eigenvalue weighted by atomic mass is 9.70. The first-order valence-corrected chi connectivity index (χ1v) is 11.7. The summed E-state index contributed by atoms with van der Waals surface area (Å²) in [5.74, 6) is 3.85. The predicted octanol–water partition coefficient (Wildman–Crippen LogP) is 5.54. The van der Waals surface area contributed by atoms with E-state index in [0.29, 0.717) is 42.0 Å². The highest BCUT2D eigenvalue weighted by molar-refractivity contribution is 5.83. The van der Waals surface area contributed by atoms with Crippen LogP contribution in [0.25, 0.3) is 10.9 Å². The highest BCUT2D eigenvalue weighted by Crippen LogP contribution is 2.38. The van der Waals surface area contributed by atoms with Crippen LogP contribution in [0.4, 0.5) is 0 Å². The number of hydrogen-bond donors (Lipinski definition) is 2. The summed E-state index contributed by atoms with van der Waals surface area (Å²) in [6.45, 7) is 12.5. The summed E-state index contributed by atoms with van der Waals surface area (Å²) in [5.41, 5.74) is 3.80. The summed E-state index contributed by atoms with van der Waals surface area (Å²) in [5, 5.41) is 13.6. The number of para-hydroxylation sites is 1. The van der Waals surface area contributed by atoms with E-state index in [2.05, 4.69) is 79.4 Å². The molecule has 0 saturated carbocycles. The number of fused-ring (bicyclic) bond motifs is 1. The number of nitrogens with zero attached hydrogens (tertiary/aromatic N) is 2. The standard InChI is InChI=1S/C26H36N4O/c1-16(2)23-11-19(18(5)10-20(23)14-27-17(3)4)12-25-29-30-26(31-25)13-21-15-28-24-9-7-6-8-22(21)24/h6-10,15-17,19-20,23,27-28H,11-14H2,1-5H3. The van der Waals surface area contributed by atoms with Gasteiger partial charge in [0.1, 0.15) is 0 Å². The molecule has 0 radical (unpaired) electrons. The number of nitrogens with one attached hydrogen (secondary N) is 2. The van der Waals surface area contributed by atoms with Gasteiger partial charge in [-0.05, 0) is 48.6 Å². The van der Waals surface area contributed by atoms with Gasteiger partial charge >= 0.3 is 0 Å². The van der Waals surface area contributed by atoms with Crippen molar-refractivity contribution in [3.8, 4) is 0 Å². The van der Waals surface area contributed by atoms with Gasteiger partial charge in [-0.2, -0.15) is 0 Å². The fourth-order valence-electron chi connectivity index (χ4n) is 4.97. The van der Waals surface area contributed by atoms with Crippen LogP contribution in [0.2, 0.25) is 0 Å². The van der Waals surface area contributed by atoms with Gasteiger partial charge in [0.15, 0.2) is 0 Å². The smallest absolute Gasteiger partial charge is 0.221 e. The van der Waals surface area contributed by atoms with Gasteiger partial charge in [-0.25, -0.2) is 0 Å². The molecular weight excluding hydrogens is 384 g/mol. The summed E-state index contributed by atoms with van der Waals surface area (Å²) >= 11 is 0. The second-order valence-electron chi connectivity index (χ2n) is 9.81. The van der Waals surface area contributed by atoms with Gasteiger partial charge < -0.3 is 14.7 Å². The molecule has 3 atom stereocenters. The van der Waals surface area contributed by atoms with Crippen LogP contribution in [0.15, 0.2) is 46.5 Å². The molecule has 0 aliphatic heterocycles. The molecule has 2 N–H and O–H groups in total. The third-order valence-corrected chi connectivity index (χ3v) is 6.79. The maximum absolute atomic E-state index is 6.08. The van der Waals surface area contributed by atoms with Gasteiger partial charge in [0.2, 0.25) is 11.8 Å². The molecule has 2 aromatic heterocycles. The number of benzene rings is 1. The molecule has 2 heterocycles. The Hall–Kier alpha value is -2.40. The Kier molecular flexibility index (Phi) is 6.61. The van der Waals surface area contributed by atoms with Crippen LogP contribution in [0.5, 0.6) is 0 Å². The molecule has 1 aliphatic rings. The number of H-pyrrole nitrogens is 1. The van der Waals surface area contributed by atoms with Crippen molar-refractivity contribution in [2.45, 2.75) is 59.9 Å². The molecule has 0 fully saturated rings. The summed E-state index contributed by atoms with van der Waals surface area (Å²) in [4.78, 5) is 3.32. The normalized spacial score (nSPS) is 21.9. The third-order valence-electron chi connectivity index (χ3n) is 6.79. The molecule has 0 saturated heterocycles. The lowest BCUT2D eigenvalue weighted by molar-refractivity contribution is 0.215. The van der Waals surface area contributed by atoms with E-state index < -0.39 is 0 Å². The molecule has 3 aromatic rings. The highest BCUT2D eigenvalue weighted by Gasteiger charge is 2.32. The average molecular weight is 421 g/mol. The van der Waals surface area contributed by atoms with Crippen molar-refractivity contribution in [1.29, 1.82) is 0 Å². The SMILES string of the molecule is CC1=CC(CNC(C)C)C(C(C)C)CC1Cc1nnc(Cc2c[nH]c3ccccc23)o1. The van der Waals surface area contributed by atoms with E-state index in [1.54, 1.807) is 0 Å². The topological polar surface area (TPSA) is 66.7 Å². The summed E-state index contributed by atoms with van der Waals surface area (Å²) < 4.78 is 6.08. The van der Waals surface area contributed by atoms with Gasteiger partial charge in [0.25, 0.3) is 0 Å². The van der Waals surface area contributed by atoms with E-state index in [1.165, 1.54) is 22.9 Å². The van der Waals surface area contributed by atoms with Crippen LogP contribution in [-0.2, 0) is 12.8 Å². The van der Waals surface area contributed by atoms with Crippen molar-refractivity contribution in [2.75, 3.05) is 6.54 Å². The van der Waals surface area contributed by atoms with E-state index in [0.717, 1.165) is 24.4 Å². The maximum Gasteiger partial charge on any atom is 0.221 e. The molecule has 166 valence electrons. The zero-order valence-corrected chi connectivity index (χ0v) is 19.5. The maximum atomic E-state index is 6.08. The monoisotopic (exact) mass is 420 g/mol. The van der Waals surface area contributed by atoms with Crippen molar-refractivity contribution >= 4 is 10.9 Å². The molecule has 0 amide bonds. The molecule has 5 nitrogen and oxygen atoms in total. The van der Waals surface area contributed by atoms with Gasteiger partial charge in [-0.1, -0.05) is 57.5 Å². The fraction of sp³-hybridized carbons (Fsp3) is 0.538. The average Bonchev–Trinajstić information content (AvgIpc) is 3.35. The van der Waals surface area contributed by atoms with E-state index in [-0.39, 0.29) is 0 Å². The van der Waals surface area contributed by atoms with E-state index in [4.69, 9.17) is 4.42 Å². The molecule has 0 bridgehead atoms. The first-order valence-electron chi connectivity index (χ1n) is 11.7. The van der Waals surface area contributed by atoms with Crippen molar-refractivity contribution < 1.29 is 4.42 Å². The van der Waals surface area contributed by atoms with Crippen molar-refractivity contribution in [2.24, 2.45) is 23.7 Å². The van der Waals surface area contributed by atoms with Gasteiger partial charge in [0, 0.05) is 36.1 Å². The Balaban J connectivity index is 1.44. The Morgan fingerprint density at radius 2 is 1.90 bits per heavy atom. The Morgan fingerprint density at radius 1 is 1.13 bits per heavy atom. The molecule has 4 rings (SSSR count). The quantitative estimate of drug-likeness (QED) is 0.470. The van der Waals surface area contributed by atoms with Crippen molar-refractivity contribution in [3.63, 3.8) is 0 Å². The number of allylic oxidation sites excluding steroid dienone is 1. The first kappa shape index (κ1) is 21.8. The van der Waals surface area contributed by atoms with Crippen LogP contribution in [0.3, 0.4) is 0 Å². The zero-order chi connectivity index (χ0) is 22.0. The zero-order valence-electron chi connectivity index (χ0n) is 19.5. The molecule has 31 heavy (non-hydrogen) atoms. The minimum atomic E-state index is 0.476. The minimum Gasteiger partial charge on any atom is -0.425 e. The molecule has 3 unspecified atom stereocenters. The molecular formula is C26H36N4O. The lowest BCUT2D eigenvalue weighted by Crippen LogP contribution is -2.37. The first-order chi connectivity index (χ1) is 14.9. The lowest BCUT2D eigenvalue weighted by Gasteiger charge is -2.37. The Labute approximate surface area is 185 Å². The summed E-state index contributed by atoms with van der Waals surface area (Å²) in [6.07, 6.45) is 7.22. The van der Waals surface area contributed by atoms with Crippen LogP contribution in [0, 0.1) is 23.7 Å². The number of rotatable bonds is 8. The van der Waals surface area contributed by atoms with Crippen LogP contribution in [0.1, 0.15) is 58.4 Å². The second kappa shape index (κ2) is 9.39. The molecule has 0 spiro atoms.